The zero-order valence-corrected chi connectivity index (χ0v) is 16.0. The highest BCUT2D eigenvalue weighted by atomic mass is 32.1. The molecule has 0 unspecified atom stereocenters. The molecule has 1 aliphatic heterocycles. The lowest BCUT2D eigenvalue weighted by Crippen LogP contribution is -2.35. The van der Waals surface area contributed by atoms with Gasteiger partial charge in [0.25, 0.3) is 5.91 Å². The van der Waals surface area contributed by atoms with Gasteiger partial charge in [-0.1, -0.05) is 12.1 Å². The molecule has 6 nitrogen and oxygen atoms in total. The zero-order valence-electron chi connectivity index (χ0n) is 15.2. The van der Waals surface area contributed by atoms with Crippen LogP contribution in [0.5, 0.6) is 0 Å². The van der Waals surface area contributed by atoms with Crippen molar-refractivity contribution in [2.45, 2.75) is 12.6 Å². The fourth-order valence-electron chi connectivity index (χ4n) is 3.34. The van der Waals surface area contributed by atoms with Crippen molar-refractivity contribution in [1.29, 1.82) is 0 Å². The molecule has 152 valence electrons. The third-order valence-corrected chi connectivity index (χ3v) is 5.72. The normalized spacial score (nSPS) is 15.6. The lowest BCUT2D eigenvalue weighted by Gasteiger charge is -2.19. The molecule has 29 heavy (non-hydrogen) atoms. The number of alkyl halides is 3. The highest BCUT2D eigenvalue weighted by Gasteiger charge is 2.31. The number of nitrogens with zero attached hydrogens (tertiary/aromatic N) is 4. The average molecular weight is 422 g/mol. The summed E-state index contributed by atoms with van der Waals surface area (Å²) in [5.41, 5.74) is 0.382. The van der Waals surface area contributed by atoms with Crippen LogP contribution >= 0.6 is 11.3 Å². The Kier molecular flexibility index (Phi) is 5.03. The van der Waals surface area contributed by atoms with Crippen LogP contribution in [0.3, 0.4) is 0 Å². The Bertz CT molecular complexity index is 1060. The first kappa shape index (κ1) is 19.4. The Labute approximate surface area is 168 Å². The summed E-state index contributed by atoms with van der Waals surface area (Å²) in [6, 6.07) is 4.97. The van der Waals surface area contributed by atoms with Gasteiger partial charge >= 0.3 is 6.18 Å². The first-order valence-electron chi connectivity index (χ1n) is 8.99. The van der Waals surface area contributed by atoms with Gasteiger partial charge in [-0.2, -0.15) is 13.2 Å². The minimum absolute atomic E-state index is 0.183. The minimum Gasteiger partial charge on any atom is -0.343 e. The van der Waals surface area contributed by atoms with Crippen LogP contribution in [0.4, 0.5) is 13.2 Å². The molecule has 0 bridgehead atoms. The van der Waals surface area contributed by atoms with Crippen molar-refractivity contribution >= 4 is 28.6 Å². The number of carbonyl (C=O) groups is 2. The second-order valence-corrected chi connectivity index (χ2v) is 7.60. The van der Waals surface area contributed by atoms with Crippen molar-refractivity contribution in [3.63, 3.8) is 0 Å². The van der Waals surface area contributed by atoms with Crippen LogP contribution in [0.2, 0.25) is 0 Å². The van der Waals surface area contributed by atoms with E-state index in [0.29, 0.717) is 54.5 Å². The van der Waals surface area contributed by atoms with Crippen molar-refractivity contribution in [1.82, 2.24) is 19.2 Å². The van der Waals surface area contributed by atoms with E-state index >= 15 is 0 Å². The van der Waals surface area contributed by atoms with Gasteiger partial charge in [-0.3, -0.25) is 14.0 Å². The molecular weight excluding hydrogens is 405 g/mol. The number of hydrogen-bond acceptors (Lipinski definition) is 4. The summed E-state index contributed by atoms with van der Waals surface area (Å²) < 4.78 is 40.6. The van der Waals surface area contributed by atoms with Gasteiger partial charge in [0.2, 0.25) is 6.41 Å². The molecule has 0 N–H and O–H groups in total. The van der Waals surface area contributed by atoms with E-state index in [1.54, 1.807) is 31.8 Å². The van der Waals surface area contributed by atoms with Gasteiger partial charge < -0.3 is 9.80 Å². The molecular formula is C19H17F3N4O2S. The number of hydrogen-bond donors (Lipinski definition) is 0. The lowest BCUT2D eigenvalue weighted by atomic mass is 10.1. The highest BCUT2D eigenvalue weighted by molar-refractivity contribution is 7.15. The first-order chi connectivity index (χ1) is 13.9. The van der Waals surface area contributed by atoms with Crippen molar-refractivity contribution < 1.29 is 22.8 Å². The molecule has 0 radical (unpaired) electrons. The Morgan fingerprint density at radius 1 is 1.17 bits per heavy atom. The number of fused-ring (bicyclic) bond motifs is 1. The first-order valence-corrected chi connectivity index (χ1v) is 9.87. The van der Waals surface area contributed by atoms with Crippen LogP contribution in [0.1, 0.15) is 22.5 Å². The van der Waals surface area contributed by atoms with Gasteiger partial charge in [0, 0.05) is 43.3 Å². The Hall–Kier alpha value is -2.88. The Morgan fingerprint density at radius 3 is 2.76 bits per heavy atom. The van der Waals surface area contributed by atoms with E-state index in [-0.39, 0.29) is 5.91 Å². The summed E-state index contributed by atoms with van der Waals surface area (Å²) >= 11 is 1.26. The predicted molar refractivity (Wildman–Crippen MR) is 102 cm³/mol. The number of halogens is 3. The van der Waals surface area contributed by atoms with Crippen molar-refractivity contribution in [2.24, 2.45) is 0 Å². The molecule has 4 rings (SSSR count). The molecule has 3 aromatic rings. The van der Waals surface area contributed by atoms with E-state index in [1.165, 1.54) is 17.4 Å². The molecule has 1 aromatic carbocycles. The molecule has 1 saturated heterocycles. The molecule has 0 spiro atoms. The third kappa shape index (κ3) is 3.84. The van der Waals surface area contributed by atoms with Crippen molar-refractivity contribution in [3.05, 3.63) is 47.1 Å². The number of aromatic nitrogens is 2. The predicted octanol–water partition coefficient (Wildman–Crippen LogP) is 3.39. The Balaban J connectivity index is 1.63. The number of benzene rings is 1. The van der Waals surface area contributed by atoms with Gasteiger partial charge in [-0.05, 0) is 18.6 Å². The molecule has 0 aliphatic carbocycles. The second-order valence-electron chi connectivity index (χ2n) is 6.77. The second kappa shape index (κ2) is 7.51. The van der Waals surface area contributed by atoms with Gasteiger partial charge in [0.15, 0.2) is 4.96 Å². The number of amides is 2. The zero-order chi connectivity index (χ0) is 20.6. The van der Waals surface area contributed by atoms with Gasteiger partial charge in [0.05, 0.1) is 11.3 Å². The number of thiazole rings is 1. The van der Waals surface area contributed by atoms with Gasteiger partial charge in [0.1, 0.15) is 5.69 Å². The molecule has 0 saturated carbocycles. The van der Waals surface area contributed by atoms with Crippen molar-refractivity contribution in [3.8, 4) is 11.3 Å². The third-order valence-electron chi connectivity index (χ3n) is 4.88. The van der Waals surface area contributed by atoms with Crippen LogP contribution in [0.15, 0.2) is 35.8 Å². The van der Waals surface area contributed by atoms with E-state index in [2.05, 4.69) is 4.98 Å². The monoisotopic (exact) mass is 422 g/mol. The quantitative estimate of drug-likeness (QED) is 0.608. The maximum Gasteiger partial charge on any atom is 0.416 e. The van der Waals surface area contributed by atoms with E-state index in [0.717, 1.165) is 18.5 Å². The van der Waals surface area contributed by atoms with Gasteiger partial charge in [-0.15, -0.1) is 11.3 Å². The maximum atomic E-state index is 13.0. The van der Waals surface area contributed by atoms with E-state index in [4.69, 9.17) is 0 Å². The molecule has 0 atom stereocenters. The fraction of sp³-hybridized carbons (Fsp3) is 0.316. The van der Waals surface area contributed by atoms with E-state index in [1.807, 2.05) is 0 Å². The largest absolute Gasteiger partial charge is 0.416 e. The average Bonchev–Trinajstić information content (AvgIpc) is 3.19. The van der Waals surface area contributed by atoms with E-state index < -0.39 is 11.7 Å². The number of carbonyl (C=O) groups excluding carboxylic acids is 2. The molecule has 2 amide bonds. The van der Waals surface area contributed by atoms with Crippen LogP contribution in [-0.4, -0.2) is 57.7 Å². The topological polar surface area (TPSA) is 57.9 Å². The van der Waals surface area contributed by atoms with E-state index in [9.17, 15) is 22.8 Å². The molecule has 10 heteroatoms. The minimum atomic E-state index is -4.43. The number of rotatable bonds is 3. The summed E-state index contributed by atoms with van der Waals surface area (Å²) in [5, 5.41) is 1.70. The summed E-state index contributed by atoms with van der Waals surface area (Å²) in [7, 11) is 0. The standard InChI is InChI=1S/C19H17F3N4O2S/c20-19(21,22)14-4-1-3-13(9-14)15-10-26-16(11-29-18(26)23-15)17(28)25-6-2-5-24(12-27)7-8-25/h1,3-4,9-12H,2,5-8H2. The summed E-state index contributed by atoms with van der Waals surface area (Å²) in [6.07, 6.45) is -1.37. The highest BCUT2D eigenvalue weighted by Crippen LogP contribution is 2.32. The lowest BCUT2D eigenvalue weighted by molar-refractivity contribution is -0.137. The van der Waals surface area contributed by atoms with Crippen molar-refractivity contribution in [2.75, 3.05) is 26.2 Å². The molecule has 2 aromatic heterocycles. The molecule has 1 aliphatic rings. The van der Waals surface area contributed by atoms with Crippen LogP contribution in [-0.2, 0) is 11.0 Å². The fourth-order valence-corrected chi connectivity index (χ4v) is 4.19. The molecule has 1 fully saturated rings. The van der Waals surface area contributed by atoms with Crippen LogP contribution < -0.4 is 0 Å². The Morgan fingerprint density at radius 2 is 2.00 bits per heavy atom. The smallest absolute Gasteiger partial charge is 0.343 e. The van der Waals surface area contributed by atoms with Crippen LogP contribution in [0.25, 0.3) is 16.2 Å². The summed E-state index contributed by atoms with van der Waals surface area (Å²) in [6.45, 7) is 2.05. The van der Waals surface area contributed by atoms with Gasteiger partial charge in [-0.25, -0.2) is 4.98 Å². The maximum absolute atomic E-state index is 13.0. The molecule has 3 heterocycles. The summed E-state index contributed by atoms with van der Waals surface area (Å²) in [4.78, 5) is 32.2. The number of imidazole rings is 1. The SMILES string of the molecule is O=CN1CCCN(C(=O)c2csc3nc(-c4cccc(C(F)(F)F)c4)cn23)CC1. The summed E-state index contributed by atoms with van der Waals surface area (Å²) in [5.74, 6) is -0.183. The van der Waals surface area contributed by atoms with Crippen LogP contribution in [0, 0.1) is 0 Å².